The van der Waals surface area contributed by atoms with Gasteiger partial charge in [-0.15, -0.1) is 0 Å². The Labute approximate surface area is 119 Å². The summed E-state index contributed by atoms with van der Waals surface area (Å²) in [7, 11) is 0. The minimum absolute atomic E-state index is 0.708. The Hall–Kier alpha value is -0.930. The van der Waals surface area contributed by atoms with Gasteiger partial charge in [-0.3, -0.25) is 0 Å². The molecular weight excluding hydrogens is 252 g/mol. The maximum Gasteiger partial charge on any atom is 0.0390 e. The van der Waals surface area contributed by atoms with E-state index >= 15 is 0 Å². The molecule has 0 amide bonds. The SMILES string of the molecule is Nc1ccc(C2CCNCC2)cc1C1=CCSCC1. The largest absolute Gasteiger partial charge is 0.398 e. The van der Waals surface area contributed by atoms with E-state index in [9.17, 15) is 0 Å². The van der Waals surface area contributed by atoms with Crippen molar-refractivity contribution in [2.24, 2.45) is 0 Å². The van der Waals surface area contributed by atoms with Crippen molar-refractivity contribution in [3.63, 3.8) is 0 Å². The van der Waals surface area contributed by atoms with Crippen LogP contribution in [-0.4, -0.2) is 24.6 Å². The highest BCUT2D eigenvalue weighted by Gasteiger charge is 2.17. The van der Waals surface area contributed by atoms with E-state index in [1.54, 1.807) is 0 Å². The lowest BCUT2D eigenvalue weighted by molar-refractivity contribution is 0.460. The molecule has 0 spiro atoms. The Balaban J connectivity index is 1.88. The molecule has 0 saturated carbocycles. The molecule has 0 bridgehead atoms. The zero-order valence-electron chi connectivity index (χ0n) is 11.3. The number of anilines is 1. The van der Waals surface area contributed by atoms with E-state index in [-0.39, 0.29) is 0 Å². The fourth-order valence-corrected chi connectivity index (χ4v) is 3.88. The number of hydrogen-bond donors (Lipinski definition) is 2. The van der Waals surface area contributed by atoms with Crippen LogP contribution < -0.4 is 11.1 Å². The van der Waals surface area contributed by atoms with Gasteiger partial charge < -0.3 is 11.1 Å². The van der Waals surface area contributed by atoms with Gasteiger partial charge in [0, 0.05) is 17.0 Å². The normalized spacial score (nSPS) is 21.2. The smallest absolute Gasteiger partial charge is 0.0390 e. The molecule has 1 saturated heterocycles. The van der Waals surface area contributed by atoms with Gasteiger partial charge in [0.15, 0.2) is 0 Å². The monoisotopic (exact) mass is 274 g/mol. The molecular formula is C16H22N2S. The van der Waals surface area contributed by atoms with Crippen LogP contribution in [0.4, 0.5) is 5.69 Å². The lowest BCUT2D eigenvalue weighted by atomic mass is 9.87. The molecule has 2 heterocycles. The molecule has 3 heteroatoms. The number of allylic oxidation sites excluding steroid dienone is 1. The van der Waals surface area contributed by atoms with E-state index in [4.69, 9.17) is 5.73 Å². The minimum Gasteiger partial charge on any atom is -0.398 e. The van der Waals surface area contributed by atoms with Crippen LogP contribution in [0, 0.1) is 0 Å². The molecule has 0 unspecified atom stereocenters. The van der Waals surface area contributed by atoms with Crippen molar-refractivity contribution in [1.29, 1.82) is 0 Å². The summed E-state index contributed by atoms with van der Waals surface area (Å²) in [5.74, 6) is 3.06. The quantitative estimate of drug-likeness (QED) is 0.813. The van der Waals surface area contributed by atoms with Crippen LogP contribution in [0.25, 0.3) is 5.57 Å². The molecule has 3 N–H and O–H groups in total. The highest BCUT2D eigenvalue weighted by atomic mass is 32.2. The molecule has 0 aliphatic carbocycles. The fourth-order valence-electron chi connectivity index (χ4n) is 3.03. The lowest BCUT2D eigenvalue weighted by Crippen LogP contribution is -2.26. The number of nitrogens with one attached hydrogen (secondary N) is 1. The van der Waals surface area contributed by atoms with Crippen molar-refractivity contribution in [2.75, 3.05) is 30.3 Å². The average Bonchev–Trinajstić information content (AvgIpc) is 2.49. The molecule has 0 atom stereocenters. The van der Waals surface area contributed by atoms with E-state index in [1.165, 1.54) is 35.3 Å². The topological polar surface area (TPSA) is 38.0 Å². The maximum absolute atomic E-state index is 6.19. The fraction of sp³-hybridized carbons (Fsp3) is 0.500. The third kappa shape index (κ3) is 2.98. The summed E-state index contributed by atoms with van der Waals surface area (Å²) in [6.45, 7) is 2.29. The first-order chi connectivity index (χ1) is 9.34. The summed E-state index contributed by atoms with van der Waals surface area (Å²) in [4.78, 5) is 0. The van der Waals surface area contributed by atoms with Gasteiger partial charge in [-0.2, -0.15) is 11.8 Å². The minimum atomic E-state index is 0.708. The summed E-state index contributed by atoms with van der Waals surface area (Å²) in [6.07, 6.45) is 6.01. The third-order valence-corrected chi connectivity index (χ3v) is 5.09. The van der Waals surface area contributed by atoms with Crippen LogP contribution in [0.2, 0.25) is 0 Å². The van der Waals surface area contributed by atoms with Gasteiger partial charge in [0.25, 0.3) is 0 Å². The van der Waals surface area contributed by atoms with Crippen LogP contribution in [0.15, 0.2) is 24.3 Å². The Morgan fingerprint density at radius 3 is 2.79 bits per heavy atom. The summed E-state index contributed by atoms with van der Waals surface area (Å²) in [5, 5.41) is 3.44. The zero-order valence-corrected chi connectivity index (χ0v) is 12.1. The predicted molar refractivity (Wildman–Crippen MR) is 85.6 cm³/mol. The Kier molecular flexibility index (Phi) is 4.14. The van der Waals surface area contributed by atoms with Crippen molar-refractivity contribution in [3.05, 3.63) is 35.4 Å². The predicted octanol–water partition coefficient (Wildman–Crippen LogP) is 3.26. The second-order valence-electron chi connectivity index (χ2n) is 5.43. The molecule has 2 aliphatic rings. The summed E-state index contributed by atoms with van der Waals surface area (Å²) in [5.41, 5.74) is 11.3. The zero-order chi connectivity index (χ0) is 13.1. The second kappa shape index (κ2) is 6.02. The van der Waals surface area contributed by atoms with Crippen LogP contribution >= 0.6 is 11.8 Å². The van der Waals surface area contributed by atoms with E-state index < -0.39 is 0 Å². The van der Waals surface area contributed by atoms with Gasteiger partial charge in [0.05, 0.1) is 0 Å². The van der Waals surface area contributed by atoms with Crippen molar-refractivity contribution >= 4 is 23.0 Å². The molecule has 2 nitrogen and oxygen atoms in total. The molecule has 102 valence electrons. The molecule has 3 rings (SSSR count). The van der Waals surface area contributed by atoms with E-state index in [0.29, 0.717) is 5.92 Å². The van der Waals surface area contributed by atoms with Gasteiger partial charge in [-0.05, 0) is 67.3 Å². The number of piperidine rings is 1. The Morgan fingerprint density at radius 2 is 2.05 bits per heavy atom. The number of rotatable bonds is 2. The molecule has 19 heavy (non-hydrogen) atoms. The first-order valence-electron chi connectivity index (χ1n) is 7.22. The van der Waals surface area contributed by atoms with Crippen LogP contribution in [0.5, 0.6) is 0 Å². The van der Waals surface area contributed by atoms with Gasteiger partial charge in [0.2, 0.25) is 0 Å². The average molecular weight is 274 g/mol. The third-order valence-electron chi connectivity index (χ3n) is 4.20. The number of hydrogen-bond acceptors (Lipinski definition) is 3. The molecule has 1 aromatic rings. The summed E-state index contributed by atoms with van der Waals surface area (Å²) < 4.78 is 0. The van der Waals surface area contributed by atoms with E-state index in [0.717, 1.165) is 31.0 Å². The van der Waals surface area contributed by atoms with Crippen molar-refractivity contribution in [3.8, 4) is 0 Å². The van der Waals surface area contributed by atoms with Crippen LogP contribution in [0.1, 0.15) is 36.3 Å². The molecule has 2 aliphatic heterocycles. The first kappa shape index (κ1) is 13.1. The maximum atomic E-state index is 6.19. The number of nitrogen functional groups attached to an aromatic ring is 1. The van der Waals surface area contributed by atoms with E-state index in [2.05, 4.69) is 29.6 Å². The number of nitrogens with two attached hydrogens (primary N) is 1. The standard InChI is InChI=1S/C16H22N2S/c17-16-2-1-14(12-3-7-18-8-4-12)11-15(16)13-5-9-19-10-6-13/h1-2,5,11-12,18H,3-4,6-10,17H2. The lowest BCUT2D eigenvalue weighted by Gasteiger charge is -2.24. The highest BCUT2D eigenvalue weighted by Crippen LogP contribution is 2.33. The van der Waals surface area contributed by atoms with Crippen molar-refractivity contribution in [1.82, 2.24) is 5.32 Å². The van der Waals surface area contributed by atoms with Gasteiger partial charge in [-0.1, -0.05) is 12.1 Å². The van der Waals surface area contributed by atoms with E-state index in [1.807, 2.05) is 11.8 Å². The highest BCUT2D eigenvalue weighted by molar-refractivity contribution is 7.99. The Morgan fingerprint density at radius 1 is 1.21 bits per heavy atom. The summed E-state index contributed by atoms with van der Waals surface area (Å²) >= 11 is 2.01. The molecule has 1 fully saturated rings. The van der Waals surface area contributed by atoms with Crippen LogP contribution in [0.3, 0.4) is 0 Å². The second-order valence-corrected chi connectivity index (χ2v) is 6.58. The van der Waals surface area contributed by atoms with Crippen molar-refractivity contribution in [2.45, 2.75) is 25.2 Å². The molecule has 0 aromatic heterocycles. The van der Waals surface area contributed by atoms with Gasteiger partial charge in [-0.25, -0.2) is 0 Å². The summed E-state index contributed by atoms with van der Waals surface area (Å²) in [6, 6.07) is 6.69. The first-order valence-corrected chi connectivity index (χ1v) is 8.37. The molecule has 0 radical (unpaired) electrons. The molecule has 1 aromatic carbocycles. The van der Waals surface area contributed by atoms with Gasteiger partial charge >= 0.3 is 0 Å². The van der Waals surface area contributed by atoms with Gasteiger partial charge in [0.1, 0.15) is 0 Å². The van der Waals surface area contributed by atoms with Crippen LogP contribution in [-0.2, 0) is 0 Å². The Bertz CT molecular complexity index is 476. The number of benzene rings is 1. The van der Waals surface area contributed by atoms with Crippen molar-refractivity contribution < 1.29 is 0 Å². The number of thioether (sulfide) groups is 1.